The van der Waals surface area contributed by atoms with E-state index in [1.54, 1.807) is 30.3 Å². The van der Waals surface area contributed by atoms with Gasteiger partial charge in [-0.2, -0.15) is 18.3 Å². The minimum atomic E-state index is -4.54. The second-order valence-corrected chi connectivity index (χ2v) is 7.27. The molecule has 0 aliphatic carbocycles. The summed E-state index contributed by atoms with van der Waals surface area (Å²) in [5.74, 6) is 0.252. The van der Waals surface area contributed by atoms with Gasteiger partial charge in [-0.15, -0.1) is 0 Å². The lowest BCUT2D eigenvalue weighted by Crippen LogP contribution is -2.18. The van der Waals surface area contributed by atoms with Gasteiger partial charge in [0.1, 0.15) is 6.61 Å². The van der Waals surface area contributed by atoms with Gasteiger partial charge in [0.05, 0.1) is 18.4 Å². The SMILES string of the molecule is CCOc1cc(/C=N/NC(=O)c2cccc(C(F)(F)F)c2)ccc1OCc1ccc(Cl)cc1. The normalized spacial score (nSPS) is 11.4. The van der Waals surface area contributed by atoms with E-state index in [-0.39, 0.29) is 5.56 Å². The first-order chi connectivity index (χ1) is 15.8. The van der Waals surface area contributed by atoms with Crippen LogP contribution in [0.4, 0.5) is 13.2 Å². The second-order valence-electron chi connectivity index (χ2n) is 6.83. The highest BCUT2D eigenvalue weighted by molar-refractivity contribution is 6.30. The van der Waals surface area contributed by atoms with E-state index in [4.69, 9.17) is 21.1 Å². The smallest absolute Gasteiger partial charge is 0.416 e. The number of hydrogen-bond donors (Lipinski definition) is 1. The molecule has 1 N–H and O–H groups in total. The molecule has 0 aromatic heterocycles. The second kappa shape index (κ2) is 10.9. The van der Waals surface area contributed by atoms with Crippen LogP contribution >= 0.6 is 11.6 Å². The van der Waals surface area contributed by atoms with Crippen LogP contribution in [0.15, 0.2) is 71.8 Å². The number of carbonyl (C=O) groups is 1. The topological polar surface area (TPSA) is 59.9 Å². The zero-order valence-electron chi connectivity index (χ0n) is 17.5. The summed E-state index contributed by atoms with van der Waals surface area (Å²) < 4.78 is 49.9. The highest BCUT2D eigenvalue weighted by Crippen LogP contribution is 2.30. The van der Waals surface area contributed by atoms with Crippen molar-refractivity contribution in [2.24, 2.45) is 5.10 Å². The van der Waals surface area contributed by atoms with Crippen LogP contribution in [-0.2, 0) is 12.8 Å². The summed E-state index contributed by atoms with van der Waals surface area (Å²) in [4.78, 5) is 12.1. The molecule has 5 nitrogen and oxygen atoms in total. The molecule has 0 aliphatic rings. The first kappa shape index (κ1) is 24.1. The van der Waals surface area contributed by atoms with Crippen molar-refractivity contribution in [1.82, 2.24) is 5.43 Å². The number of amides is 1. The molecule has 0 aliphatic heterocycles. The third-order valence-corrected chi connectivity index (χ3v) is 4.66. The van der Waals surface area contributed by atoms with Gasteiger partial charge in [0, 0.05) is 10.6 Å². The Balaban J connectivity index is 1.66. The van der Waals surface area contributed by atoms with Crippen LogP contribution < -0.4 is 14.9 Å². The first-order valence-corrected chi connectivity index (χ1v) is 10.3. The van der Waals surface area contributed by atoms with Crippen molar-refractivity contribution in [3.8, 4) is 11.5 Å². The minimum absolute atomic E-state index is 0.150. The van der Waals surface area contributed by atoms with E-state index in [1.807, 2.05) is 19.1 Å². The molecular formula is C24H20ClF3N2O3. The number of nitrogens with one attached hydrogen (secondary N) is 1. The van der Waals surface area contributed by atoms with Gasteiger partial charge in [-0.25, -0.2) is 5.43 Å². The molecule has 9 heteroatoms. The number of hydrazone groups is 1. The van der Waals surface area contributed by atoms with Crippen LogP contribution in [0.2, 0.25) is 5.02 Å². The van der Waals surface area contributed by atoms with Gasteiger partial charge in [0.25, 0.3) is 5.91 Å². The minimum Gasteiger partial charge on any atom is -0.490 e. The molecular weight excluding hydrogens is 457 g/mol. The average molecular weight is 477 g/mol. The first-order valence-electron chi connectivity index (χ1n) is 9.91. The molecule has 0 unspecified atom stereocenters. The van der Waals surface area contributed by atoms with Gasteiger partial charge in [-0.05, 0) is 66.6 Å². The summed E-state index contributed by atoms with van der Waals surface area (Å²) in [6.45, 7) is 2.56. The number of alkyl halides is 3. The lowest BCUT2D eigenvalue weighted by atomic mass is 10.1. The number of nitrogens with zero attached hydrogens (tertiary/aromatic N) is 1. The lowest BCUT2D eigenvalue weighted by Gasteiger charge is -2.12. The van der Waals surface area contributed by atoms with Crippen molar-refractivity contribution >= 4 is 23.7 Å². The van der Waals surface area contributed by atoms with Crippen molar-refractivity contribution in [3.05, 3.63) is 94.0 Å². The fourth-order valence-corrected chi connectivity index (χ4v) is 2.93. The summed E-state index contributed by atoms with van der Waals surface area (Å²) >= 11 is 5.89. The highest BCUT2D eigenvalue weighted by atomic mass is 35.5. The molecule has 3 aromatic carbocycles. The van der Waals surface area contributed by atoms with Crippen molar-refractivity contribution in [2.45, 2.75) is 19.7 Å². The summed E-state index contributed by atoms with van der Waals surface area (Å²) in [5, 5.41) is 4.46. The van der Waals surface area contributed by atoms with E-state index in [9.17, 15) is 18.0 Å². The molecule has 1 amide bonds. The standard InChI is InChI=1S/C24H20ClF3N2O3/c1-2-32-22-12-17(8-11-21(22)33-15-16-6-9-20(25)10-7-16)14-29-30-23(31)18-4-3-5-19(13-18)24(26,27)28/h3-14H,2,15H2,1H3,(H,30,31)/b29-14+. The molecule has 0 spiro atoms. The molecule has 0 saturated carbocycles. The Labute approximate surface area is 193 Å². The van der Waals surface area contributed by atoms with Gasteiger partial charge in [-0.1, -0.05) is 29.8 Å². The highest BCUT2D eigenvalue weighted by Gasteiger charge is 2.30. The van der Waals surface area contributed by atoms with Gasteiger partial charge in [-0.3, -0.25) is 4.79 Å². The summed E-state index contributed by atoms with van der Waals surface area (Å²) in [6, 6.07) is 16.5. The van der Waals surface area contributed by atoms with Crippen molar-refractivity contribution in [2.75, 3.05) is 6.61 Å². The van der Waals surface area contributed by atoms with E-state index < -0.39 is 17.6 Å². The van der Waals surface area contributed by atoms with Crippen molar-refractivity contribution in [1.29, 1.82) is 0 Å². The Bertz CT molecular complexity index is 1130. The van der Waals surface area contributed by atoms with Crippen LogP contribution in [0.25, 0.3) is 0 Å². The maximum atomic E-state index is 12.8. The number of hydrogen-bond acceptors (Lipinski definition) is 4. The van der Waals surface area contributed by atoms with E-state index in [0.717, 1.165) is 17.7 Å². The monoisotopic (exact) mass is 476 g/mol. The Morgan fingerprint density at radius 2 is 1.79 bits per heavy atom. The number of carbonyl (C=O) groups excluding carboxylic acids is 1. The number of rotatable bonds is 8. The fourth-order valence-electron chi connectivity index (χ4n) is 2.80. The van der Waals surface area contributed by atoms with Crippen LogP contribution in [0.1, 0.15) is 34.0 Å². The van der Waals surface area contributed by atoms with Gasteiger partial charge in [0.2, 0.25) is 0 Å². The molecule has 172 valence electrons. The summed E-state index contributed by atoms with van der Waals surface area (Å²) in [7, 11) is 0. The summed E-state index contributed by atoms with van der Waals surface area (Å²) in [5.41, 5.74) is 2.70. The molecule has 0 heterocycles. The zero-order valence-corrected chi connectivity index (χ0v) is 18.3. The molecule has 0 atom stereocenters. The number of benzene rings is 3. The van der Waals surface area contributed by atoms with Gasteiger partial charge >= 0.3 is 6.18 Å². The van der Waals surface area contributed by atoms with Crippen LogP contribution in [-0.4, -0.2) is 18.7 Å². The average Bonchev–Trinajstić information content (AvgIpc) is 2.79. The molecule has 0 fully saturated rings. The van der Waals surface area contributed by atoms with Crippen LogP contribution in [0, 0.1) is 0 Å². The fraction of sp³-hybridized carbons (Fsp3) is 0.167. The van der Waals surface area contributed by atoms with Crippen molar-refractivity contribution in [3.63, 3.8) is 0 Å². The predicted octanol–water partition coefficient (Wildman–Crippen LogP) is 6.10. The van der Waals surface area contributed by atoms with E-state index in [1.165, 1.54) is 18.3 Å². The molecule has 0 radical (unpaired) electrons. The van der Waals surface area contributed by atoms with E-state index in [2.05, 4.69) is 10.5 Å². The maximum Gasteiger partial charge on any atom is 0.416 e. The number of halogens is 4. The Morgan fingerprint density at radius 3 is 2.48 bits per heavy atom. The van der Waals surface area contributed by atoms with Crippen LogP contribution in [0.3, 0.4) is 0 Å². The van der Waals surface area contributed by atoms with Crippen molar-refractivity contribution < 1.29 is 27.4 Å². The quantitative estimate of drug-likeness (QED) is 0.315. The molecule has 0 bridgehead atoms. The molecule has 33 heavy (non-hydrogen) atoms. The molecule has 3 aromatic rings. The van der Waals surface area contributed by atoms with E-state index >= 15 is 0 Å². The largest absolute Gasteiger partial charge is 0.490 e. The molecule has 3 rings (SSSR count). The lowest BCUT2D eigenvalue weighted by molar-refractivity contribution is -0.137. The zero-order chi connectivity index (χ0) is 23.8. The Hall–Kier alpha value is -3.52. The molecule has 0 saturated heterocycles. The Kier molecular flexibility index (Phi) is 7.95. The third-order valence-electron chi connectivity index (χ3n) is 4.41. The van der Waals surface area contributed by atoms with E-state index in [0.29, 0.717) is 35.3 Å². The third kappa shape index (κ3) is 6.98. The van der Waals surface area contributed by atoms with Gasteiger partial charge in [0.15, 0.2) is 11.5 Å². The van der Waals surface area contributed by atoms with Gasteiger partial charge < -0.3 is 9.47 Å². The maximum absolute atomic E-state index is 12.8. The van der Waals surface area contributed by atoms with Crippen LogP contribution in [0.5, 0.6) is 11.5 Å². The summed E-state index contributed by atoms with van der Waals surface area (Å²) in [6.07, 6.45) is -3.18. The Morgan fingerprint density at radius 1 is 1.03 bits per heavy atom. The number of ether oxygens (including phenoxy) is 2. The predicted molar refractivity (Wildman–Crippen MR) is 120 cm³/mol.